The molecule has 3 N–H and O–H groups in total. The Morgan fingerprint density at radius 1 is 1.56 bits per heavy atom. The standard InChI is InChI=1S/C11H18N4O/c1-11(5-3-4-6-11)14-10(16)9-8(12)7-13-15(9)2/h7H,3-6,12H2,1-2H3,(H,14,16). The normalized spacial score (nSPS) is 18.6. The first kappa shape index (κ1) is 11.0. The molecule has 1 aliphatic rings. The zero-order valence-electron chi connectivity index (χ0n) is 9.79. The average molecular weight is 222 g/mol. The van der Waals surface area contributed by atoms with E-state index in [0.717, 1.165) is 12.8 Å². The van der Waals surface area contributed by atoms with Crippen molar-refractivity contribution < 1.29 is 4.79 Å². The summed E-state index contributed by atoms with van der Waals surface area (Å²) in [7, 11) is 1.72. The van der Waals surface area contributed by atoms with Crippen molar-refractivity contribution in [3.05, 3.63) is 11.9 Å². The first-order chi connectivity index (χ1) is 7.52. The third kappa shape index (κ3) is 1.89. The summed E-state index contributed by atoms with van der Waals surface area (Å²) >= 11 is 0. The smallest absolute Gasteiger partial charge is 0.272 e. The monoisotopic (exact) mass is 222 g/mol. The van der Waals surface area contributed by atoms with Gasteiger partial charge in [0.1, 0.15) is 5.69 Å². The minimum absolute atomic E-state index is 0.0756. The quantitative estimate of drug-likeness (QED) is 0.786. The highest BCUT2D eigenvalue weighted by molar-refractivity contribution is 5.97. The molecule has 0 aliphatic heterocycles. The van der Waals surface area contributed by atoms with Crippen LogP contribution in [0.1, 0.15) is 43.1 Å². The molecule has 5 nitrogen and oxygen atoms in total. The van der Waals surface area contributed by atoms with Gasteiger partial charge in [-0.05, 0) is 19.8 Å². The Labute approximate surface area is 95.0 Å². The van der Waals surface area contributed by atoms with E-state index in [1.54, 1.807) is 7.05 Å². The third-order valence-corrected chi connectivity index (χ3v) is 3.30. The van der Waals surface area contributed by atoms with Crippen molar-refractivity contribution in [3.8, 4) is 0 Å². The molecule has 0 bridgehead atoms. The number of hydrogen-bond acceptors (Lipinski definition) is 3. The van der Waals surface area contributed by atoms with Crippen molar-refractivity contribution in [3.63, 3.8) is 0 Å². The summed E-state index contributed by atoms with van der Waals surface area (Å²) in [5.74, 6) is -0.123. The van der Waals surface area contributed by atoms with Gasteiger partial charge in [0.15, 0.2) is 0 Å². The molecule has 5 heteroatoms. The Morgan fingerprint density at radius 3 is 2.69 bits per heavy atom. The predicted octanol–water partition coefficient (Wildman–Crippen LogP) is 1.06. The molecule has 1 fully saturated rings. The van der Waals surface area contributed by atoms with Gasteiger partial charge in [-0.2, -0.15) is 5.10 Å². The van der Waals surface area contributed by atoms with E-state index in [4.69, 9.17) is 5.73 Å². The van der Waals surface area contributed by atoms with E-state index in [9.17, 15) is 4.79 Å². The van der Waals surface area contributed by atoms with E-state index in [0.29, 0.717) is 11.4 Å². The minimum atomic E-state index is -0.123. The van der Waals surface area contributed by atoms with Gasteiger partial charge in [-0.3, -0.25) is 9.48 Å². The van der Waals surface area contributed by atoms with Crippen LogP contribution in [0.25, 0.3) is 0 Å². The maximum Gasteiger partial charge on any atom is 0.272 e. The number of anilines is 1. The minimum Gasteiger partial charge on any atom is -0.396 e. The maximum atomic E-state index is 12.1. The van der Waals surface area contributed by atoms with Gasteiger partial charge in [0.25, 0.3) is 5.91 Å². The number of nitrogen functional groups attached to an aromatic ring is 1. The molecule has 1 amide bonds. The molecule has 1 aromatic rings. The molecule has 2 rings (SSSR count). The lowest BCUT2D eigenvalue weighted by atomic mass is 10.0. The Balaban J connectivity index is 2.14. The fourth-order valence-corrected chi connectivity index (χ4v) is 2.35. The molecule has 1 aliphatic carbocycles. The van der Waals surface area contributed by atoms with Gasteiger partial charge in [0.2, 0.25) is 0 Å². The van der Waals surface area contributed by atoms with Gasteiger partial charge in [-0.15, -0.1) is 0 Å². The number of rotatable bonds is 2. The lowest BCUT2D eigenvalue weighted by Gasteiger charge is -2.25. The van der Waals surface area contributed by atoms with Crippen LogP contribution in [-0.2, 0) is 7.05 Å². The molecule has 1 heterocycles. The second-order valence-electron chi connectivity index (χ2n) is 4.79. The van der Waals surface area contributed by atoms with E-state index in [-0.39, 0.29) is 11.4 Å². The average Bonchev–Trinajstić information content (AvgIpc) is 2.74. The number of amides is 1. The molecule has 0 saturated heterocycles. The summed E-state index contributed by atoms with van der Waals surface area (Å²) in [6.07, 6.45) is 5.94. The van der Waals surface area contributed by atoms with Crippen LogP contribution in [-0.4, -0.2) is 21.2 Å². The van der Waals surface area contributed by atoms with Gasteiger partial charge >= 0.3 is 0 Å². The molecule has 1 saturated carbocycles. The number of nitrogens with two attached hydrogens (primary N) is 1. The number of nitrogens with zero attached hydrogens (tertiary/aromatic N) is 2. The van der Waals surface area contributed by atoms with Crippen molar-refractivity contribution in [1.29, 1.82) is 0 Å². The highest BCUT2D eigenvalue weighted by Crippen LogP contribution is 2.29. The molecule has 0 unspecified atom stereocenters. The zero-order valence-corrected chi connectivity index (χ0v) is 9.79. The Hall–Kier alpha value is -1.52. The van der Waals surface area contributed by atoms with Gasteiger partial charge in [0, 0.05) is 12.6 Å². The molecule has 0 aromatic carbocycles. The van der Waals surface area contributed by atoms with Crippen LogP contribution in [0.5, 0.6) is 0 Å². The second kappa shape index (κ2) is 3.81. The number of carbonyl (C=O) groups excluding carboxylic acids is 1. The third-order valence-electron chi connectivity index (χ3n) is 3.30. The first-order valence-corrected chi connectivity index (χ1v) is 5.62. The SMILES string of the molecule is Cn1ncc(N)c1C(=O)NC1(C)CCCC1. The number of aromatic nitrogens is 2. The van der Waals surface area contributed by atoms with Gasteiger partial charge < -0.3 is 11.1 Å². The second-order valence-corrected chi connectivity index (χ2v) is 4.79. The maximum absolute atomic E-state index is 12.1. The van der Waals surface area contributed by atoms with E-state index in [1.807, 2.05) is 0 Å². The lowest BCUT2D eigenvalue weighted by Crippen LogP contribution is -2.44. The molecular formula is C11H18N4O. The van der Waals surface area contributed by atoms with Crippen LogP contribution in [0.4, 0.5) is 5.69 Å². The van der Waals surface area contributed by atoms with Crippen LogP contribution in [0.15, 0.2) is 6.20 Å². The summed E-state index contributed by atoms with van der Waals surface area (Å²) in [5.41, 5.74) is 6.52. The van der Waals surface area contributed by atoms with Crippen LogP contribution < -0.4 is 11.1 Å². The van der Waals surface area contributed by atoms with Gasteiger partial charge in [-0.25, -0.2) is 0 Å². The Kier molecular flexibility index (Phi) is 2.61. The summed E-state index contributed by atoms with van der Waals surface area (Å²) < 4.78 is 1.52. The van der Waals surface area contributed by atoms with E-state index >= 15 is 0 Å². The van der Waals surface area contributed by atoms with E-state index < -0.39 is 0 Å². The topological polar surface area (TPSA) is 72.9 Å². The van der Waals surface area contributed by atoms with Gasteiger partial charge in [-0.1, -0.05) is 12.8 Å². The predicted molar refractivity (Wildman–Crippen MR) is 62.0 cm³/mol. The summed E-state index contributed by atoms with van der Waals surface area (Å²) in [6.45, 7) is 2.09. The summed E-state index contributed by atoms with van der Waals surface area (Å²) in [4.78, 5) is 12.1. The summed E-state index contributed by atoms with van der Waals surface area (Å²) in [6, 6.07) is 0. The van der Waals surface area contributed by atoms with Crippen LogP contribution in [0.2, 0.25) is 0 Å². The molecular weight excluding hydrogens is 204 g/mol. The highest BCUT2D eigenvalue weighted by atomic mass is 16.2. The zero-order chi connectivity index (χ0) is 11.8. The molecule has 0 atom stereocenters. The number of aryl methyl sites for hydroxylation is 1. The van der Waals surface area contributed by atoms with Crippen LogP contribution >= 0.6 is 0 Å². The van der Waals surface area contributed by atoms with Crippen LogP contribution in [0, 0.1) is 0 Å². The molecule has 16 heavy (non-hydrogen) atoms. The lowest BCUT2D eigenvalue weighted by molar-refractivity contribution is 0.0899. The molecule has 1 aromatic heterocycles. The van der Waals surface area contributed by atoms with Crippen molar-refractivity contribution >= 4 is 11.6 Å². The fraction of sp³-hybridized carbons (Fsp3) is 0.636. The van der Waals surface area contributed by atoms with E-state index in [1.165, 1.54) is 23.7 Å². The largest absolute Gasteiger partial charge is 0.396 e. The van der Waals surface area contributed by atoms with Crippen LogP contribution in [0.3, 0.4) is 0 Å². The fourth-order valence-electron chi connectivity index (χ4n) is 2.35. The number of nitrogens with one attached hydrogen (secondary N) is 1. The first-order valence-electron chi connectivity index (χ1n) is 5.62. The highest BCUT2D eigenvalue weighted by Gasteiger charge is 2.31. The Morgan fingerprint density at radius 2 is 2.19 bits per heavy atom. The number of carbonyl (C=O) groups is 1. The molecule has 0 spiro atoms. The Bertz CT molecular complexity index is 385. The van der Waals surface area contributed by atoms with Crippen molar-refractivity contribution in [2.24, 2.45) is 7.05 Å². The summed E-state index contributed by atoms with van der Waals surface area (Å²) in [5, 5.41) is 7.02. The molecule has 0 radical (unpaired) electrons. The van der Waals surface area contributed by atoms with Crippen molar-refractivity contribution in [1.82, 2.24) is 15.1 Å². The van der Waals surface area contributed by atoms with Gasteiger partial charge in [0.05, 0.1) is 11.9 Å². The number of hydrogen-bond donors (Lipinski definition) is 2. The van der Waals surface area contributed by atoms with Crippen molar-refractivity contribution in [2.75, 3.05) is 5.73 Å². The van der Waals surface area contributed by atoms with E-state index in [2.05, 4.69) is 17.3 Å². The molecule has 88 valence electrons. The van der Waals surface area contributed by atoms with Crippen molar-refractivity contribution in [2.45, 2.75) is 38.1 Å².